The number of piperidine rings is 1. The molecule has 1 atom stereocenters. The highest BCUT2D eigenvalue weighted by Gasteiger charge is 2.30. The number of amides is 3. The van der Waals surface area contributed by atoms with E-state index >= 15 is 0 Å². The predicted octanol–water partition coefficient (Wildman–Crippen LogP) is 4.12. The van der Waals surface area contributed by atoms with Crippen LogP contribution in [0.3, 0.4) is 0 Å². The lowest BCUT2D eigenvalue weighted by Gasteiger charge is -2.32. The summed E-state index contributed by atoms with van der Waals surface area (Å²) in [6, 6.07) is 7.42. The van der Waals surface area contributed by atoms with Crippen LogP contribution < -0.4 is 20.7 Å². The Kier molecular flexibility index (Phi) is 11.9. The molecule has 0 unspecified atom stereocenters. The number of halogens is 4. The fourth-order valence-corrected chi connectivity index (χ4v) is 5.85. The number of carbonyl (C=O) groups excluding carboxylic acids is 3. The summed E-state index contributed by atoms with van der Waals surface area (Å²) in [6.45, 7) is 1.11. The summed E-state index contributed by atoms with van der Waals surface area (Å²) in [4.78, 5) is 53.0. The zero-order valence-electron chi connectivity index (χ0n) is 24.7. The predicted molar refractivity (Wildman–Crippen MR) is 166 cm³/mol. The third-order valence-electron chi connectivity index (χ3n) is 7.74. The number of imidazole rings is 1. The maximum atomic E-state index is 14.5. The minimum atomic E-state index is -1.21. The molecule has 2 saturated heterocycles. The van der Waals surface area contributed by atoms with Crippen LogP contribution in [-0.4, -0.2) is 82.8 Å². The Morgan fingerprint density at radius 2 is 1.89 bits per heavy atom. The van der Waals surface area contributed by atoms with E-state index in [4.69, 9.17) is 33.1 Å². The van der Waals surface area contributed by atoms with Crippen molar-refractivity contribution in [1.82, 2.24) is 25.1 Å². The third kappa shape index (κ3) is 7.92. The molecule has 3 amide bonds. The third-order valence-corrected chi connectivity index (χ3v) is 8.42. The van der Waals surface area contributed by atoms with E-state index in [-0.39, 0.29) is 63.0 Å². The summed E-state index contributed by atoms with van der Waals surface area (Å²) in [6.07, 6.45) is 3.43. The summed E-state index contributed by atoms with van der Waals surface area (Å²) in [5.41, 5.74) is 1.21. The molecule has 0 spiro atoms. The number of alkyl halides is 1. The summed E-state index contributed by atoms with van der Waals surface area (Å²) in [5, 5.41) is 15.8. The van der Waals surface area contributed by atoms with E-state index in [1.807, 2.05) is 0 Å². The van der Waals surface area contributed by atoms with Gasteiger partial charge >= 0.3 is 0 Å². The van der Waals surface area contributed by atoms with E-state index in [1.165, 1.54) is 29.0 Å². The molecule has 3 aromatic rings. The van der Waals surface area contributed by atoms with Gasteiger partial charge in [0, 0.05) is 49.9 Å². The van der Waals surface area contributed by atoms with Gasteiger partial charge in [-0.1, -0.05) is 23.2 Å². The molecule has 0 bridgehead atoms. The van der Waals surface area contributed by atoms with Gasteiger partial charge < -0.3 is 35.3 Å². The van der Waals surface area contributed by atoms with Crippen molar-refractivity contribution in [3.05, 3.63) is 63.8 Å². The van der Waals surface area contributed by atoms with Gasteiger partial charge in [-0.15, -0.1) is 0 Å². The molecule has 2 aromatic carbocycles. The van der Waals surface area contributed by atoms with E-state index in [2.05, 4.69) is 25.7 Å². The van der Waals surface area contributed by atoms with Crippen LogP contribution in [0.4, 0.5) is 14.5 Å². The largest absolute Gasteiger partial charge is 0.483 e. The van der Waals surface area contributed by atoms with Crippen LogP contribution in [0.25, 0.3) is 11.3 Å². The molecule has 4 N–H and O–H groups in total. The normalized spacial score (nSPS) is 16.3. The molecule has 3 heterocycles. The molecule has 0 aliphatic carbocycles. The van der Waals surface area contributed by atoms with Crippen molar-refractivity contribution in [2.24, 2.45) is 13.0 Å². The number of ether oxygens (including phenoxy) is 1. The SMILES string of the molecule is Cn1c(-c2ccc(OCF)c(F)c2Cl)cnc1C(=O)Nc1ccc(C(=O)N2CCC(C(=O)N[C@H]3CCNC3)CC2)c(Cl)c1.O=CO. The Bertz CT molecular complexity index is 1590. The van der Waals surface area contributed by atoms with Crippen molar-refractivity contribution in [2.45, 2.75) is 25.3 Å². The monoisotopic (exact) mass is 680 g/mol. The number of benzene rings is 2. The first-order valence-electron chi connectivity index (χ1n) is 14.3. The van der Waals surface area contributed by atoms with Crippen molar-refractivity contribution in [1.29, 1.82) is 0 Å². The molecule has 46 heavy (non-hydrogen) atoms. The Balaban J connectivity index is 0.00000154. The Morgan fingerprint density at radius 1 is 1.17 bits per heavy atom. The zero-order chi connectivity index (χ0) is 33.4. The van der Waals surface area contributed by atoms with E-state index in [9.17, 15) is 23.2 Å². The molecule has 246 valence electrons. The Hall–Kier alpha value is -4.27. The number of nitrogens with zero attached hydrogens (tertiary/aromatic N) is 3. The van der Waals surface area contributed by atoms with Crippen LogP contribution >= 0.6 is 23.2 Å². The van der Waals surface area contributed by atoms with Gasteiger partial charge in [0.05, 0.1) is 27.5 Å². The first-order chi connectivity index (χ1) is 22.1. The van der Waals surface area contributed by atoms with Crippen molar-refractivity contribution < 1.29 is 37.8 Å². The number of carbonyl (C=O) groups is 4. The fourth-order valence-electron chi connectivity index (χ4n) is 5.34. The lowest BCUT2D eigenvalue weighted by molar-refractivity contribution is -0.127. The molecule has 2 aliphatic rings. The zero-order valence-corrected chi connectivity index (χ0v) is 26.2. The Morgan fingerprint density at radius 3 is 2.52 bits per heavy atom. The average molecular weight is 682 g/mol. The lowest BCUT2D eigenvalue weighted by atomic mass is 9.95. The van der Waals surface area contributed by atoms with Crippen molar-refractivity contribution in [2.75, 3.05) is 38.4 Å². The number of carboxylic acid groups (broad SMARTS) is 1. The van der Waals surface area contributed by atoms with Gasteiger partial charge in [-0.3, -0.25) is 19.2 Å². The number of rotatable bonds is 8. The van der Waals surface area contributed by atoms with E-state index in [1.54, 1.807) is 24.1 Å². The highest BCUT2D eigenvalue weighted by atomic mass is 35.5. The summed E-state index contributed by atoms with van der Waals surface area (Å²) in [7, 11) is 1.56. The molecular weight excluding hydrogens is 649 g/mol. The number of hydrogen-bond donors (Lipinski definition) is 4. The Labute approximate surface area is 273 Å². The first-order valence-corrected chi connectivity index (χ1v) is 15.0. The number of hydrogen-bond acceptors (Lipinski definition) is 7. The van der Waals surface area contributed by atoms with Crippen LogP contribution in [0.2, 0.25) is 10.0 Å². The van der Waals surface area contributed by atoms with E-state index in [0.29, 0.717) is 37.3 Å². The molecule has 1 aromatic heterocycles. The van der Waals surface area contributed by atoms with Gasteiger partial charge in [-0.05, 0) is 56.1 Å². The molecule has 2 fully saturated rings. The second-order valence-corrected chi connectivity index (χ2v) is 11.3. The highest BCUT2D eigenvalue weighted by molar-refractivity contribution is 6.34. The minimum Gasteiger partial charge on any atom is -0.483 e. The first kappa shape index (κ1) is 34.6. The standard InChI is InChI=1S/C29H30Cl2F2N6O4.CH2O2/c1-38-22(20-4-5-23(43-15-32)25(33)24(20)31)14-35-26(38)28(41)36-17-2-3-19(21(30)12-17)29(42)39-10-7-16(8-11-39)27(40)37-18-6-9-34-13-18;2-1-3/h2-5,12,14,16,18,34H,6-11,13,15H2,1H3,(H,36,41)(H,37,40);1H,(H,2,3)/t18-;/m0./s1. The maximum absolute atomic E-state index is 14.5. The van der Waals surface area contributed by atoms with E-state index in [0.717, 1.165) is 19.5 Å². The number of aromatic nitrogens is 2. The average Bonchev–Trinajstić information content (AvgIpc) is 3.69. The fraction of sp³-hybridized carbons (Fsp3) is 0.367. The molecule has 5 rings (SSSR count). The van der Waals surface area contributed by atoms with Gasteiger partial charge in [-0.2, -0.15) is 0 Å². The summed E-state index contributed by atoms with van der Waals surface area (Å²) >= 11 is 12.6. The highest BCUT2D eigenvalue weighted by Crippen LogP contribution is 2.35. The van der Waals surface area contributed by atoms with Gasteiger partial charge in [0.15, 0.2) is 17.4 Å². The maximum Gasteiger partial charge on any atom is 0.291 e. The minimum absolute atomic E-state index is 0.00272. The summed E-state index contributed by atoms with van der Waals surface area (Å²) in [5.74, 6) is -2.18. The number of nitrogens with one attached hydrogen (secondary N) is 3. The van der Waals surface area contributed by atoms with Crippen LogP contribution in [0.1, 0.15) is 40.2 Å². The van der Waals surface area contributed by atoms with Crippen molar-refractivity contribution >= 4 is 53.1 Å². The summed E-state index contributed by atoms with van der Waals surface area (Å²) < 4.78 is 33.0. The molecule has 2 aliphatic heterocycles. The molecule has 16 heteroatoms. The molecule has 0 saturated carbocycles. The number of likely N-dealkylation sites (tertiary alicyclic amines) is 1. The van der Waals surface area contributed by atoms with Gasteiger partial charge in [0.25, 0.3) is 18.3 Å². The van der Waals surface area contributed by atoms with Crippen molar-refractivity contribution in [3.8, 4) is 17.0 Å². The quantitative estimate of drug-likeness (QED) is 0.259. The molecule has 12 nitrogen and oxygen atoms in total. The van der Waals surface area contributed by atoms with Crippen LogP contribution in [-0.2, 0) is 16.6 Å². The van der Waals surface area contributed by atoms with E-state index < -0.39 is 18.6 Å². The van der Waals surface area contributed by atoms with Crippen molar-refractivity contribution in [3.63, 3.8) is 0 Å². The smallest absolute Gasteiger partial charge is 0.291 e. The number of anilines is 1. The van der Waals surface area contributed by atoms with Gasteiger partial charge in [0.1, 0.15) is 0 Å². The second kappa shape index (κ2) is 15.8. The molecule has 0 radical (unpaired) electrons. The van der Waals surface area contributed by atoms with Crippen LogP contribution in [0, 0.1) is 11.7 Å². The topological polar surface area (TPSA) is 155 Å². The lowest BCUT2D eigenvalue weighted by Crippen LogP contribution is -2.45. The molecular formula is C30H32Cl2F2N6O6. The second-order valence-electron chi connectivity index (χ2n) is 10.5. The van der Waals surface area contributed by atoms with Crippen LogP contribution in [0.15, 0.2) is 36.5 Å². The van der Waals surface area contributed by atoms with Gasteiger partial charge in [-0.25, -0.2) is 13.8 Å². The van der Waals surface area contributed by atoms with Crippen LogP contribution in [0.5, 0.6) is 5.75 Å². The van der Waals surface area contributed by atoms with Gasteiger partial charge in [0.2, 0.25) is 12.8 Å².